The van der Waals surface area contributed by atoms with E-state index in [1.807, 2.05) is 11.4 Å². The maximum atomic E-state index is 11.3. The number of nitrogens with zero attached hydrogens (tertiary/aromatic N) is 1. The Morgan fingerprint density at radius 2 is 1.85 bits per heavy atom. The number of carboxylic acid groups (broad SMARTS) is 1. The van der Waals surface area contributed by atoms with Gasteiger partial charge in [0.25, 0.3) is 5.91 Å². The van der Waals surface area contributed by atoms with E-state index >= 15 is 0 Å². The summed E-state index contributed by atoms with van der Waals surface area (Å²) in [6.45, 7) is 0.174. The van der Waals surface area contributed by atoms with Gasteiger partial charge in [-0.3, -0.25) is 10.1 Å². The molecule has 0 saturated heterocycles. The SMILES string of the molecule is N#Cc1ccc(CNC(=O)NC(=O)C=CC(=O)O)cc1. The molecule has 0 aliphatic carbocycles. The molecule has 0 aliphatic heterocycles. The molecule has 0 spiro atoms. The van der Waals surface area contributed by atoms with Gasteiger partial charge in [0.15, 0.2) is 0 Å². The first-order valence-electron chi connectivity index (χ1n) is 5.50. The van der Waals surface area contributed by atoms with Crippen LogP contribution in [0.15, 0.2) is 36.4 Å². The Balaban J connectivity index is 2.41. The van der Waals surface area contributed by atoms with E-state index in [0.717, 1.165) is 11.6 Å². The zero-order valence-corrected chi connectivity index (χ0v) is 10.3. The molecule has 1 rings (SSSR count). The average Bonchev–Trinajstić information content (AvgIpc) is 2.43. The zero-order valence-electron chi connectivity index (χ0n) is 10.3. The van der Waals surface area contributed by atoms with E-state index in [2.05, 4.69) is 5.32 Å². The molecular weight excluding hydrogens is 262 g/mol. The molecule has 0 unspecified atom stereocenters. The molecular formula is C13H11N3O4. The molecule has 102 valence electrons. The highest BCUT2D eigenvalue weighted by Gasteiger charge is 2.04. The third-order valence-electron chi connectivity index (χ3n) is 2.15. The number of aliphatic carboxylic acids is 1. The van der Waals surface area contributed by atoms with Crippen LogP contribution >= 0.6 is 0 Å². The number of nitrogens with one attached hydrogen (secondary N) is 2. The fraction of sp³-hybridized carbons (Fsp3) is 0.0769. The lowest BCUT2D eigenvalue weighted by atomic mass is 10.1. The first kappa shape index (κ1) is 14.9. The van der Waals surface area contributed by atoms with E-state index in [0.29, 0.717) is 11.6 Å². The molecule has 0 heterocycles. The number of amides is 3. The molecule has 3 N–H and O–H groups in total. The van der Waals surface area contributed by atoms with Crippen LogP contribution in [0.5, 0.6) is 0 Å². The monoisotopic (exact) mass is 273 g/mol. The lowest BCUT2D eigenvalue weighted by molar-refractivity contribution is -0.131. The first-order chi connectivity index (χ1) is 9.51. The van der Waals surface area contributed by atoms with Crippen LogP contribution in [-0.4, -0.2) is 23.0 Å². The normalized spacial score (nSPS) is 9.75. The molecule has 0 saturated carbocycles. The fourth-order valence-electron chi connectivity index (χ4n) is 1.22. The van der Waals surface area contributed by atoms with Gasteiger partial charge in [0, 0.05) is 18.7 Å². The number of nitriles is 1. The van der Waals surface area contributed by atoms with Gasteiger partial charge in [0.05, 0.1) is 11.6 Å². The maximum Gasteiger partial charge on any atom is 0.328 e. The van der Waals surface area contributed by atoms with E-state index in [1.165, 1.54) is 0 Å². The van der Waals surface area contributed by atoms with E-state index in [1.54, 1.807) is 24.3 Å². The second kappa shape index (κ2) is 7.33. The molecule has 0 aliphatic rings. The third-order valence-corrected chi connectivity index (χ3v) is 2.15. The Bertz CT molecular complexity index is 585. The smallest absolute Gasteiger partial charge is 0.328 e. The Morgan fingerprint density at radius 1 is 1.20 bits per heavy atom. The lowest BCUT2D eigenvalue weighted by Gasteiger charge is -2.05. The van der Waals surface area contributed by atoms with Crippen LogP contribution in [0.2, 0.25) is 0 Å². The Morgan fingerprint density at radius 3 is 2.40 bits per heavy atom. The number of imide groups is 1. The van der Waals surface area contributed by atoms with Gasteiger partial charge in [-0.2, -0.15) is 5.26 Å². The number of benzene rings is 1. The van der Waals surface area contributed by atoms with Crippen molar-refractivity contribution in [2.24, 2.45) is 0 Å². The molecule has 1 aromatic carbocycles. The Kier molecular flexibility index (Phi) is 5.47. The van der Waals surface area contributed by atoms with Crippen molar-refractivity contribution in [3.05, 3.63) is 47.5 Å². The van der Waals surface area contributed by atoms with Crippen molar-refractivity contribution in [1.29, 1.82) is 5.26 Å². The molecule has 0 fully saturated rings. The molecule has 3 amide bonds. The van der Waals surface area contributed by atoms with Crippen molar-refractivity contribution in [2.75, 3.05) is 0 Å². The van der Waals surface area contributed by atoms with Crippen molar-refractivity contribution in [3.8, 4) is 6.07 Å². The Hall–Kier alpha value is -3.14. The fourth-order valence-corrected chi connectivity index (χ4v) is 1.22. The standard InChI is InChI=1S/C13H11N3O4/c14-7-9-1-3-10(4-2-9)8-15-13(20)16-11(17)5-6-12(18)19/h1-6H,8H2,(H,18,19)(H2,15,16,17,20). The molecule has 0 aromatic heterocycles. The van der Waals surface area contributed by atoms with Crippen molar-refractivity contribution < 1.29 is 19.5 Å². The summed E-state index contributed by atoms with van der Waals surface area (Å²) in [5, 5.41) is 21.3. The van der Waals surface area contributed by atoms with Crippen molar-refractivity contribution in [2.45, 2.75) is 6.54 Å². The van der Waals surface area contributed by atoms with Gasteiger partial charge in [-0.1, -0.05) is 12.1 Å². The van der Waals surface area contributed by atoms with Gasteiger partial charge >= 0.3 is 12.0 Å². The van der Waals surface area contributed by atoms with Gasteiger partial charge in [-0.15, -0.1) is 0 Å². The number of hydrogen-bond acceptors (Lipinski definition) is 4. The van der Waals surface area contributed by atoms with Crippen LogP contribution in [-0.2, 0) is 16.1 Å². The zero-order chi connectivity index (χ0) is 15.0. The summed E-state index contributed by atoms with van der Waals surface area (Å²) in [5.74, 6) is -2.11. The van der Waals surface area contributed by atoms with E-state index in [9.17, 15) is 14.4 Å². The summed E-state index contributed by atoms with van der Waals surface area (Å²) >= 11 is 0. The number of rotatable bonds is 4. The first-order valence-corrected chi connectivity index (χ1v) is 5.50. The average molecular weight is 273 g/mol. The summed E-state index contributed by atoms with van der Waals surface area (Å²) in [6.07, 6.45) is 1.37. The quantitative estimate of drug-likeness (QED) is 0.691. The number of urea groups is 1. The number of carboxylic acids is 1. The van der Waals surface area contributed by atoms with Gasteiger partial charge in [0.1, 0.15) is 0 Å². The van der Waals surface area contributed by atoms with Crippen molar-refractivity contribution >= 4 is 17.9 Å². The molecule has 0 radical (unpaired) electrons. The molecule has 0 bridgehead atoms. The summed E-state index contributed by atoms with van der Waals surface area (Å²) in [4.78, 5) is 32.6. The number of carbonyl (C=O) groups is 3. The van der Waals surface area contributed by atoms with Gasteiger partial charge in [-0.25, -0.2) is 9.59 Å². The van der Waals surface area contributed by atoms with E-state index in [4.69, 9.17) is 10.4 Å². The summed E-state index contributed by atoms with van der Waals surface area (Å²) in [5.41, 5.74) is 1.26. The van der Waals surface area contributed by atoms with Crippen LogP contribution < -0.4 is 10.6 Å². The van der Waals surface area contributed by atoms with Crippen LogP contribution in [0.3, 0.4) is 0 Å². The second-order valence-corrected chi connectivity index (χ2v) is 3.65. The van der Waals surface area contributed by atoms with Gasteiger partial charge in [-0.05, 0) is 17.7 Å². The minimum atomic E-state index is -1.28. The van der Waals surface area contributed by atoms with Gasteiger partial charge in [0.2, 0.25) is 0 Å². The van der Waals surface area contributed by atoms with Crippen LogP contribution in [0.25, 0.3) is 0 Å². The number of carbonyl (C=O) groups excluding carboxylic acids is 2. The molecule has 0 atom stereocenters. The summed E-state index contributed by atoms with van der Waals surface area (Å²) < 4.78 is 0. The molecule has 7 nitrogen and oxygen atoms in total. The summed E-state index contributed by atoms with van der Waals surface area (Å²) in [6, 6.07) is 7.78. The highest BCUT2D eigenvalue weighted by molar-refractivity contribution is 6.02. The van der Waals surface area contributed by atoms with Crippen molar-refractivity contribution in [1.82, 2.24) is 10.6 Å². The summed E-state index contributed by atoms with van der Waals surface area (Å²) in [7, 11) is 0. The van der Waals surface area contributed by atoms with Crippen molar-refractivity contribution in [3.63, 3.8) is 0 Å². The largest absolute Gasteiger partial charge is 0.478 e. The molecule has 7 heteroatoms. The predicted molar refractivity (Wildman–Crippen MR) is 68.3 cm³/mol. The molecule has 20 heavy (non-hydrogen) atoms. The lowest BCUT2D eigenvalue weighted by Crippen LogP contribution is -2.38. The van der Waals surface area contributed by atoms with Crippen LogP contribution in [0.1, 0.15) is 11.1 Å². The molecule has 1 aromatic rings. The van der Waals surface area contributed by atoms with Crippen LogP contribution in [0, 0.1) is 11.3 Å². The maximum absolute atomic E-state index is 11.3. The third kappa shape index (κ3) is 5.46. The number of hydrogen-bond donors (Lipinski definition) is 3. The Labute approximate surface area is 114 Å². The highest BCUT2D eigenvalue weighted by Crippen LogP contribution is 2.02. The minimum Gasteiger partial charge on any atom is -0.478 e. The van der Waals surface area contributed by atoms with E-state index < -0.39 is 17.9 Å². The predicted octanol–water partition coefficient (Wildman–Crippen LogP) is 0.525. The van der Waals surface area contributed by atoms with Crippen LogP contribution in [0.4, 0.5) is 4.79 Å². The highest BCUT2D eigenvalue weighted by atomic mass is 16.4. The second-order valence-electron chi connectivity index (χ2n) is 3.65. The van der Waals surface area contributed by atoms with E-state index in [-0.39, 0.29) is 6.54 Å². The van der Waals surface area contributed by atoms with Gasteiger partial charge < -0.3 is 10.4 Å². The topological polar surface area (TPSA) is 119 Å². The minimum absolute atomic E-state index is 0.174.